The topological polar surface area (TPSA) is 56.5 Å². The molecule has 0 saturated carbocycles. The van der Waals surface area contributed by atoms with Crippen LogP contribution in [-0.2, 0) is 8.85 Å². The highest BCUT2D eigenvalue weighted by Crippen LogP contribution is 2.23. The number of rotatable bonds is 18. The molecule has 0 aliphatic rings. The molecule has 0 heterocycles. The lowest BCUT2D eigenvalue weighted by molar-refractivity contribution is 0.166. The van der Waals surface area contributed by atoms with Gasteiger partial charge in [0.05, 0.1) is 0 Å². The average molecular weight is 347 g/mol. The van der Waals surface area contributed by atoms with Crippen molar-refractivity contribution in [3.63, 3.8) is 0 Å². The molecule has 0 amide bonds. The molecule has 0 radical (unpaired) electrons. The second-order valence-corrected chi connectivity index (χ2v) is 9.81. The van der Waals surface area contributed by atoms with Crippen LogP contribution in [0.4, 0.5) is 0 Å². The van der Waals surface area contributed by atoms with Gasteiger partial charge in [-0.2, -0.15) is 0 Å². The van der Waals surface area contributed by atoms with Gasteiger partial charge in [0.15, 0.2) is 0 Å². The Hall–Kier alpha value is 0.0569. The van der Waals surface area contributed by atoms with E-state index in [0.717, 1.165) is 70.6 Å². The molecule has 0 aromatic heterocycles. The van der Waals surface area contributed by atoms with Gasteiger partial charge in [0, 0.05) is 13.2 Å². The second-order valence-electron chi connectivity index (χ2n) is 6.41. The van der Waals surface area contributed by atoms with E-state index in [9.17, 15) is 0 Å². The van der Waals surface area contributed by atoms with Crippen LogP contribution in [0.1, 0.15) is 72.1 Å². The third kappa shape index (κ3) is 13.1. The summed E-state index contributed by atoms with van der Waals surface area (Å²) in [5.41, 5.74) is 5.51. The van der Waals surface area contributed by atoms with Gasteiger partial charge >= 0.3 is 8.56 Å². The Morgan fingerprint density at radius 3 is 1.91 bits per heavy atom. The molecule has 4 nitrogen and oxygen atoms in total. The van der Waals surface area contributed by atoms with E-state index in [4.69, 9.17) is 14.6 Å². The summed E-state index contributed by atoms with van der Waals surface area (Å²) in [7, 11) is -1.98. The number of unbranched alkanes of at least 4 members (excludes halogenated alkanes) is 3. The van der Waals surface area contributed by atoms with E-state index in [1.54, 1.807) is 0 Å². The normalized spacial score (nSPS) is 12.0. The molecule has 0 fully saturated rings. The molecule has 5 heteroatoms. The van der Waals surface area contributed by atoms with Gasteiger partial charge in [0.1, 0.15) is 0 Å². The number of nitrogens with one attached hydrogen (secondary N) is 1. The van der Waals surface area contributed by atoms with Gasteiger partial charge in [-0.15, -0.1) is 0 Å². The van der Waals surface area contributed by atoms with Crippen molar-refractivity contribution in [3.8, 4) is 0 Å². The Morgan fingerprint density at radius 2 is 1.35 bits per heavy atom. The predicted octanol–water partition coefficient (Wildman–Crippen LogP) is 4.19. The first kappa shape index (κ1) is 23.1. The summed E-state index contributed by atoms with van der Waals surface area (Å²) in [6.07, 6.45) is 9.46. The van der Waals surface area contributed by atoms with Crippen molar-refractivity contribution in [2.75, 3.05) is 32.8 Å². The lowest BCUT2D eigenvalue weighted by atomic mass is 10.2. The maximum Gasteiger partial charge on any atom is 0.338 e. The minimum absolute atomic E-state index is 0.826. The highest BCUT2D eigenvalue weighted by atomic mass is 28.4. The number of nitrogens with two attached hydrogens (primary N) is 1. The predicted molar refractivity (Wildman–Crippen MR) is 103 cm³/mol. The Balaban J connectivity index is 3.96. The van der Waals surface area contributed by atoms with Gasteiger partial charge in [-0.1, -0.05) is 40.0 Å². The molecule has 0 atom stereocenters. The third-order valence-electron chi connectivity index (χ3n) is 3.99. The highest BCUT2D eigenvalue weighted by Gasteiger charge is 2.35. The zero-order valence-electron chi connectivity index (χ0n) is 16.0. The van der Waals surface area contributed by atoms with Crippen LogP contribution in [0.3, 0.4) is 0 Å². The Labute approximate surface area is 146 Å². The fourth-order valence-electron chi connectivity index (χ4n) is 2.77. The van der Waals surface area contributed by atoms with Crippen molar-refractivity contribution in [1.29, 1.82) is 0 Å². The number of hydrogen-bond acceptors (Lipinski definition) is 4. The summed E-state index contributed by atoms with van der Waals surface area (Å²) in [5, 5.41) is 3.57. The first-order valence-electron chi connectivity index (χ1n) is 9.93. The van der Waals surface area contributed by atoms with Crippen LogP contribution in [-0.4, -0.2) is 41.4 Å². The van der Waals surface area contributed by atoms with E-state index in [1.165, 1.54) is 25.7 Å². The van der Waals surface area contributed by atoms with Crippen LogP contribution in [0.25, 0.3) is 0 Å². The molecular formula is C18H42N2O2Si. The second kappa shape index (κ2) is 16.9. The largest absolute Gasteiger partial charge is 0.394 e. The first-order valence-corrected chi connectivity index (χ1v) is 12.2. The van der Waals surface area contributed by atoms with Crippen LogP contribution >= 0.6 is 0 Å². The summed E-state index contributed by atoms with van der Waals surface area (Å²) >= 11 is 0. The fraction of sp³-hybridized carbons (Fsp3) is 1.00. The van der Waals surface area contributed by atoms with Gasteiger partial charge in [-0.05, 0) is 63.8 Å². The van der Waals surface area contributed by atoms with Crippen molar-refractivity contribution < 1.29 is 8.85 Å². The van der Waals surface area contributed by atoms with Crippen LogP contribution in [0.15, 0.2) is 0 Å². The zero-order valence-corrected chi connectivity index (χ0v) is 17.0. The first-order chi connectivity index (χ1) is 11.2. The maximum absolute atomic E-state index is 6.27. The Bertz CT molecular complexity index is 235. The molecule has 23 heavy (non-hydrogen) atoms. The average Bonchev–Trinajstić information content (AvgIpc) is 2.56. The van der Waals surface area contributed by atoms with E-state index in [-0.39, 0.29) is 0 Å². The van der Waals surface area contributed by atoms with Gasteiger partial charge < -0.3 is 19.9 Å². The van der Waals surface area contributed by atoms with Gasteiger partial charge in [0.2, 0.25) is 0 Å². The molecule has 140 valence electrons. The summed E-state index contributed by atoms with van der Waals surface area (Å²) in [5.74, 6) is 0. The van der Waals surface area contributed by atoms with E-state index in [1.807, 2.05) is 0 Å². The molecule has 3 N–H and O–H groups in total. The minimum Gasteiger partial charge on any atom is -0.394 e. The zero-order chi connectivity index (χ0) is 17.2. The van der Waals surface area contributed by atoms with Crippen LogP contribution in [0.5, 0.6) is 0 Å². The van der Waals surface area contributed by atoms with Crippen molar-refractivity contribution in [2.45, 2.75) is 84.2 Å². The summed E-state index contributed by atoms with van der Waals surface area (Å²) < 4.78 is 12.5. The molecule has 0 aromatic carbocycles. The molecule has 0 saturated heterocycles. The lowest BCUT2D eigenvalue weighted by Crippen LogP contribution is -2.43. The van der Waals surface area contributed by atoms with Gasteiger partial charge in [-0.25, -0.2) is 0 Å². The molecule has 0 unspecified atom stereocenters. The van der Waals surface area contributed by atoms with Gasteiger partial charge in [0.25, 0.3) is 0 Å². The van der Waals surface area contributed by atoms with E-state index in [0.29, 0.717) is 0 Å². The van der Waals surface area contributed by atoms with Crippen LogP contribution in [0, 0.1) is 0 Å². The van der Waals surface area contributed by atoms with Crippen molar-refractivity contribution in [1.82, 2.24) is 5.32 Å². The third-order valence-corrected chi connectivity index (χ3v) is 7.83. The van der Waals surface area contributed by atoms with E-state index >= 15 is 0 Å². The standard InChI is InChI=1S/C18H42N2O2Si/c1-4-15-21-23(17-6-3,22-16-5-2)18-11-14-20-13-10-8-7-9-12-19/h20H,4-19H2,1-3H3. The molecule has 0 bridgehead atoms. The smallest absolute Gasteiger partial charge is 0.338 e. The lowest BCUT2D eigenvalue weighted by Gasteiger charge is -2.30. The van der Waals surface area contributed by atoms with E-state index < -0.39 is 8.56 Å². The van der Waals surface area contributed by atoms with Gasteiger partial charge in [-0.3, -0.25) is 0 Å². The monoisotopic (exact) mass is 346 g/mol. The van der Waals surface area contributed by atoms with Crippen LogP contribution < -0.4 is 11.1 Å². The molecule has 0 aliphatic carbocycles. The number of hydrogen-bond donors (Lipinski definition) is 2. The summed E-state index contributed by atoms with van der Waals surface area (Å²) in [6, 6.07) is 2.26. The SMILES string of the molecule is CCCO[Si](CCC)(CCCNCCCCCCN)OCCC. The van der Waals surface area contributed by atoms with Crippen molar-refractivity contribution in [3.05, 3.63) is 0 Å². The quantitative estimate of drug-likeness (QED) is 0.289. The molecule has 0 spiro atoms. The Kier molecular flexibility index (Phi) is 16.9. The highest BCUT2D eigenvalue weighted by molar-refractivity contribution is 6.67. The fourth-order valence-corrected chi connectivity index (χ4v) is 6.31. The molecule has 0 rings (SSSR count). The molecule has 0 aromatic rings. The maximum atomic E-state index is 6.27. The minimum atomic E-state index is -1.98. The van der Waals surface area contributed by atoms with E-state index in [2.05, 4.69) is 26.1 Å². The molecular weight excluding hydrogens is 304 g/mol. The van der Waals surface area contributed by atoms with Crippen LogP contribution in [0.2, 0.25) is 12.1 Å². The van der Waals surface area contributed by atoms with Crippen molar-refractivity contribution >= 4 is 8.56 Å². The van der Waals surface area contributed by atoms with Crippen molar-refractivity contribution in [2.24, 2.45) is 5.73 Å². The Morgan fingerprint density at radius 1 is 0.739 bits per heavy atom. The molecule has 0 aliphatic heterocycles. The summed E-state index contributed by atoms with van der Waals surface area (Å²) in [4.78, 5) is 0. The summed E-state index contributed by atoms with van der Waals surface area (Å²) in [6.45, 7) is 11.3.